The van der Waals surface area contributed by atoms with Crippen molar-refractivity contribution >= 4 is 5.82 Å². The molecule has 1 aromatic heterocycles. The fourth-order valence-corrected chi connectivity index (χ4v) is 2.49. The Morgan fingerprint density at radius 2 is 2.24 bits per heavy atom. The summed E-state index contributed by atoms with van der Waals surface area (Å²) in [6, 6.07) is 3.88. The lowest BCUT2D eigenvalue weighted by molar-refractivity contribution is 0.340. The monoisotopic (exact) mass is 234 g/mol. The molecule has 1 heterocycles. The number of anilines is 1. The van der Waals surface area contributed by atoms with Crippen LogP contribution >= 0.6 is 0 Å². The van der Waals surface area contributed by atoms with Gasteiger partial charge in [0.05, 0.1) is 6.61 Å². The number of nitrogens with one attached hydrogen (secondary N) is 1. The summed E-state index contributed by atoms with van der Waals surface area (Å²) in [7, 11) is 0. The van der Waals surface area contributed by atoms with E-state index in [9.17, 15) is 0 Å². The second-order valence-corrected chi connectivity index (χ2v) is 4.65. The molecular weight excluding hydrogens is 212 g/mol. The summed E-state index contributed by atoms with van der Waals surface area (Å²) in [6.45, 7) is 3.68. The van der Waals surface area contributed by atoms with Gasteiger partial charge in [0.25, 0.3) is 0 Å². The van der Waals surface area contributed by atoms with Gasteiger partial charge in [-0.05, 0) is 31.4 Å². The molecule has 0 radical (unpaired) electrons. The molecule has 1 aliphatic rings. The zero-order valence-corrected chi connectivity index (χ0v) is 10.6. The summed E-state index contributed by atoms with van der Waals surface area (Å²) < 4.78 is 5.53. The Morgan fingerprint density at radius 3 is 3.00 bits per heavy atom. The van der Waals surface area contributed by atoms with E-state index in [1.54, 1.807) is 6.20 Å². The van der Waals surface area contributed by atoms with Gasteiger partial charge in [-0.25, -0.2) is 4.98 Å². The SMILES string of the molecule is CCOc1cccnc1NCCC1CCCC1. The van der Waals surface area contributed by atoms with Crippen molar-refractivity contribution in [3.8, 4) is 5.75 Å². The summed E-state index contributed by atoms with van der Waals surface area (Å²) in [5.74, 6) is 2.66. The quantitative estimate of drug-likeness (QED) is 0.818. The summed E-state index contributed by atoms with van der Waals surface area (Å²) in [4.78, 5) is 4.33. The minimum Gasteiger partial charge on any atom is -0.490 e. The summed E-state index contributed by atoms with van der Waals surface area (Å²) in [6.07, 6.45) is 8.70. The van der Waals surface area contributed by atoms with E-state index in [4.69, 9.17) is 4.74 Å². The molecule has 0 aliphatic heterocycles. The van der Waals surface area contributed by atoms with Crippen molar-refractivity contribution in [2.24, 2.45) is 5.92 Å². The topological polar surface area (TPSA) is 34.1 Å². The van der Waals surface area contributed by atoms with Crippen molar-refractivity contribution in [1.29, 1.82) is 0 Å². The van der Waals surface area contributed by atoms with Gasteiger partial charge in [0.15, 0.2) is 11.6 Å². The molecule has 0 unspecified atom stereocenters. The Hall–Kier alpha value is -1.25. The van der Waals surface area contributed by atoms with Gasteiger partial charge in [-0.2, -0.15) is 0 Å². The molecule has 0 atom stereocenters. The zero-order valence-electron chi connectivity index (χ0n) is 10.6. The first-order valence-electron chi connectivity index (χ1n) is 6.72. The molecular formula is C14H22N2O. The minimum absolute atomic E-state index is 0.684. The van der Waals surface area contributed by atoms with Crippen LogP contribution in [0.1, 0.15) is 39.0 Å². The Bertz CT molecular complexity index is 335. The third kappa shape index (κ3) is 3.62. The van der Waals surface area contributed by atoms with Crippen LogP contribution in [0.4, 0.5) is 5.82 Å². The van der Waals surface area contributed by atoms with E-state index in [2.05, 4.69) is 10.3 Å². The number of rotatable bonds is 6. The largest absolute Gasteiger partial charge is 0.490 e. The van der Waals surface area contributed by atoms with Gasteiger partial charge in [-0.15, -0.1) is 0 Å². The van der Waals surface area contributed by atoms with Crippen LogP contribution in [0.15, 0.2) is 18.3 Å². The van der Waals surface area contributed by atoms with Gasteiger partial charge in [0.2, 0.25) is 0 Å². The van der Waals surface area contributed by atoms with Crippen LogP contribution in [0, 0.1) is 5.92 Å². The summed E-state index contributed by atoms with van der Waals surface area (Å²) in [5, 5.41) is 3.39. The molecule has 2 rings (SSSR count). The van der Waals surface area contributed by atoms with Gasteiger partial charge in [0.1, 0.15) is 0 Å². The first kappa shape index (κ1) is 12.2. The van der Waals surface area contributed by atoms with Crippen LogP contribution in [-0.4, -0.2) is 18.1 Å². The van der Waals surface area contributed by atoms with Crippen LogP contribution in [0.3, 0.4) is 0 Å². The molecule has 94 valence electrons. The molecule has 0 saturated heterocycles. The highest BCUT2D eigenvalue weighted by atomic mass is 16.5. The van der Waals surface area contributed by atoms with E-state index >= 15 is 0 Å². The molecule has 0 amide bonds. The van der Waals surface area contributed by atoms with E-state index in [1.165, 1.54) is 32.1 Å². The molecule has 1 fully saturated rings. The third-order valence-electron chi connectivity index (χ3n) is 3.39. The average Bonchev–Trinajstić information content (AvgIpc) is 2.85. The fraction of sp³-hybridized carbons (Fsp3) is 0.643. The van der Waals surface area contributed by atoms with Crippen molar-refractivity contribution in [3.05, 3.63) is 18.3 Å². The lowest BCUT2D eigenvalue weighted by Crippen LogP contribution is -2.09. The highest BCUT2D eigenvalue weighted by molar-refractivity contribution is 5.49. The van der Waals surface area contributed by atoms with Crippen molar-refractivity contribution in [2.45, 2.75) is 39.0 Å². The highest BCUT2D eigenvalue weighted by Crippen LogP contribution is 2.28. The Balaban J connectivity index is 1.80. The van der Waals surface area contributed by atoms with E-state index in [-0.39, 0.29) is 0 Å². The number of pyridine rings is 1. The number of nitrogens with zero attached hydrogens (tertiary/aromatic N) is 1. The molecule has 1 aromatic rings. The van der Waals surface area contributed by atoms with Crippen LogP contribution in [0.2, 0.25) is 0 Å². The average molecular weight is 234 g/mol. The predicted molar refractivity (Wildman–Crippen MR) is 70.5 cm³/mol. The standard InChI is InChI=1S/C14H22N2O/c1-2-17-13-8-5-10-15-14(13)16-11-9-12-6-3-4-7-12/h5,8,10,12H,2-4,6-7,9,11H2,1H3,(H,15,16). The van der Waals surface area contributed by atoms with Crippen molar-refractivity contribution in [1.82, 2.24) is 4.98 Å². The van der Waals surface area contributed by atoms with Crippen molar-refractivity contribution in [3.63, 3.8) is 0 Å². The second kappa shape index (κ2) is 6.48. The third-order valence-corrected chi connectivity index (χ3v) is 3.39. The summed E-state index contributed by atoms with van der Waals surface area (Å²) >= 11 is 0. The van der Waals surface area contributed by atoms with Crippen molar-refractivity contribution < 1.29 is 4.74 Å². The fourth-order valence-electron chi connectivity index (χ4n) is 2.49. The maximum absolute atomic E-state index is 5.53. The van der Waals surface area contributed by atoms with Crippen LogP contribution in [0.5, 0.6) is 5.75 Å². The molecule has 17 heavy (non-hydrogen) atoms. The maximum Gasteiger partial charge on any atom is 0.168 e. The van der Waals surface area contributed by atoms with E-state index in [0.29, 0.717) is 6.61 Å². The van der Waals surface area contributed by atoms with Gasteiger partial charge in [0, 0.05) is 12.7 Å². The van der Waals surface area contributed by atoms with Gasteiger partial charge < -0.3 is 10.1 Å². The smallest absolute Gasteiger partial charge is 0.168 e. The molecule has 3 heteroatoms. The predicted octanol–water partition coefficient (Wildman–Crippen LogP) is 3.47. The Kier molecular flexibility index (Phi) is 4.65. The summed E-state index contributed by atoms with van der Waals surface area (Å²) in [5.41, 5.74) is 0. The van der Waals surface area contributed by atoms with Crippen molar-refractivity contribution in [2.75, 3.05) is 18.5 Å². The normalized spacial score (nSPS) is 16.1. The van der Waals surface area contributed by atoms with E-state index < -0.39 is 0 Å². The van der Waals surface area contributed by atoms with Crippen LogP contribution < -0.4 is 10.1 Å². The van der Waals surface area contributed by atoms with Crippen LogP contribution in [-0.2, 0) is 0 Å². The van der Waals surface area contributed by atoms with E-state index in [0.717, 1.165) is 24.0 Å². The molecule has 0 aromatic carbocycles. The van der Waals surface area contributed by atoms with Crippen LogP contribution in [0.25, 0.3) is 0 Å². The Morgan fingerprint density at radius 1 is 1.41 bits per heavy atom. The lowest BCUT2D eigenvalue weighted by atomic mass is 10.0. The van der Waals surface area contributed by atoms with E-state index in [1.807, 2.05) is 19.1 Å². The lowest BCUT2D eigenvalue weighted by Gasteiger charge is -2.13. The Labute approximate surface area is 104 Å². The van der Waals surface area contributed by atoms with Gasteiger partial charge >= 0.3 is 0 Å². The van der Waals surface area contributed by atoms with Gasteiger partial charge in [-0.3, -0.25) is 0 Å². The number of hydrogen-bond donors (Lipinski definition) is 1. The minimum atomic E-state index is 0.684. The number of ether oxygens (including phenoxy) is 1. The second-order valence-electron chi connectivity index (χ2n) is 4.65. The molecule has 1 aliphatic carbocycles. The number of hydrogen-bond acceptors (Lipinski definition) is 3. The molecule has 1 saturated carbocycles. The van der Waals surface area contributed by atoms with Gasteiger partial charge in [-0.1, -0.05) is 25.7 Å². The first-order valence-corrected chi connectivity index (χ1v) is 6.72. The zero-order chi connectivity index (χ0) is 11.9. The molecule has 3 nitrogen and oxygen atoms in total. The maximum atomic E-state index is 5.53. The number of aromatic nitrogens is 1. The molecule has 1 N–H and O–H groups in total. The molecule has 0 spiro atoms. The first-order chi connectivity index (χ1) is 8.40. The highest BCUT2D eigenvalue weighted by Gasteiger charge is 2.14. The molecule has 0 bridgehead atoms.